The van der Waals surface area contributed by atoms with Gasteiger partial charge in [-0.15, -0.1) is 0 Å². The lowest BCUT2D eigenvalue weighted by Crippen LogP contribution is -2.57. The second-order valence-electron chi connectivity index (χ2n) is 7.07. The Bertz CT molecular complexity index is 862. The Kier molecular flexibility index (Phi) is 4.36. The highest BCUT2D eigenvalue weighted by Crippen LogP contribution is 2.25. The number of fused-ring (bicyclic) bond motifs is 1. The fraction of sp³-hybridized carbons (Fsp3) is 0.556. The molecule has 2 fully saturated rings. The molecule has 0 bridgehead atoms. The molecule has 1 unspecified atom stereocenters. The van der Waals surface area contributed by atoms with Crippen LogP contribution in [0.3, 0.4) is 0 Å². The molecule has 0 saturated carbocycles. The van der Waals surface area contributed by atoms with Crippen molar-refractivity contribution in [1.29, 1.82) is 0 Å². The predicted octanol–water partition coefficient (Wildman–Crippen LogP) is 0.876. The van der Waals surface area contributed by atoms with Crippen LogP contribution in [0.1, 0.15) is 34.6 Å². The molecule has 0 aromatic carbocycles. The quantitative estimate of drug-likeness (QED) is 0.858. The number of hydrogen-bond donors (Lipinski definition) is 1. The number of carbonyl (C=O) groups is 2. The first kappa shape index (κ1) is 17.0. The molecule has 26 heavy (non-hydrogen) atoms. The van der Waals surface area contributed by atoms with Crippen LogP contribution >= 0.6 is 0 Å². The minimum absolute atomic E-state index is 0.0425. The highest BCUT2D eigenvalue weighted by molar-refractivity contribution is 6.06. The van der Waals surface area contributed by atoms with Gasteiger partial charge in [0, 0.05) is 37.9 Å². The Morgan fingerprint density at radius 2 is 2.19 bits per heavy atom. The first-order valence-corrected chi connectivity index (χ1v) is 9.07. The molecule has 4 rings (SSSR count). The monoisotopic (exact) mass is 357 g/mol. The van der Waals surface area contributed by atoms with Crippen LogP contribution in [0.4, 0.5) is 0 Å². The molecule has 0 spiro atoms. The number of hydrogen-bond acceptors (Lipinski definition) is 6. The summed E-state index contributed by atoms with van der Waals surface area (Å²) < 4.78 is 5.25. The summed E-state index contributed by atoms with van der Waals surface area (Å²) in [6.45, 7) is 6.81. The molecule has 138 valence electrons. The molecule has 2 aromatic rings. The molecule has 0 aliphatic carbocycles. The van der Waals surface area contributed by atoms with E-state index in [9.17, 15) is 9.59 Å². The van der Waals surface area contributed by atoms with Crippen LogP contribution in [0, 0.1) is 13.8 Å². The van der Waals surface area contributed by atoms with Crippen LogP contribution in [-0.2, 0) is 4.79 Å². The normalized spacial score (nSPS) is 21.5. The highest BCUT2D eigenvalue weighted by Gasteiger charge is 2.33. The Morgan fingerprint density at radius 1 is 1.35 bits per heavy atom. The Balaban J connectivity index is 1.60. The Hall–Kier alpha value is -2.48. The van der Waals surface area contributed by atoms with Gasteiger partial charge in [0.05, 0.1) is 23.2 Å². The summed E-state index contributed by atoms with van der Waals surface area (Å²) in [6, 6.07) is 1.89. The number of rotatable bonds is 2. The lowest BCUT2D eigenvalue weighted by Gasteiger charge is -2.41. The van der Waals surface area contributed by atoms with E-state index < -0.39 is 0 Å². The summed E-state index contributed by atoms with van der Waals surface area (Å²) >= 11 is 0. The molecule has 0 radical (unpaired) electrons. The summed E-state index contributed by atoms with van der Waals surface area (Å²) in [7, 11) is 0. The zero-order valence-corrected chi connectivity index (χ0v) is 15.1. The molecule has 2 aliphatic heterocycles. The molecule has 8 heteroatoms. The highest BCUT2D eigenvalue weighted by atomic mass is 16.5. The number of carbonyl (C=O) groups excluding carboxylic acids is 2. The number of aromatic nitrogens is 2. The van der Waals surface area contributed by atoms with Crippen molar-refractivity contribution in [1.82, 2.24) is 25.3 Å². The van der Waals surface area contributed by atoms with Crippen LogP contribution in [0.5, 0.6) is 0 Å². The zero-order chi connectivity index (χ0) is 18.3. The number of aryl methyl sites for hydroxylation is 2. The predicted molar refractivity (Wildman–Crippen MR) is 94.8 cm³/mol. The number of nitrogens with one attached hydrogen (secondary N) is 1. The van der Waals surface area contributed by atoms with Crippen molar-refractivity contribution in [2.45, 2.75) is 32.7 Å². The fourth-order valence-corrected chi connectivity index (χ4v) is 3.96. The van der Waals surface area contributed by atoms with Gasteiger partial charge in [-0.1, -0.05) is 5.16 Å². The van der Waals surface area contributed by atoms with Crippen molar-refractivity contribution in [3.8, 4) is 0 Å². The van der Waals surface area contributed by atoms with E-state index >= 15 is 0 Å². The van der Waals surface area contributed by atoms with Crippen molar-refractivity contribution in [3.05, 3.63) is 23.0 Å². The Labute approximate surface area is 151 Å². The van der Waals surface area contributed by atoms with Crippen LogP contribution in [-0.4, -0.2) is 70.5 Å². The smallest absolute Gasteiger partial charge is 0.258 e. The summed E-state index contributed by atoms with van der Waals surface area (Å²) in [5.41, 5.74) is 2.37. The van der Waals surface area contributed by atoms with E-state index in [-0.39, 0.29) is 17.9 Å². The molecule has 2 aliphatic rings. The van der Waals surface area contributed by atoms with Gasteiger partial charge < -0.3 is 19.6 Å². The largest absolute Gasteiger partial charge is 0.337 e. The van der Waals surface area contributed by atoms with Crippen LogP contribution < -0.4 is 5.32 Å². The van der Waals surface area contributed by atoms with Crippen LogP contribution in [0.15, 0.2) is 10.6 Å². The minimum Gasteiger partial charge on any atom is -0.337 e. The SMILES string of the molecule is Cc1cc(C(=O)N2CCCC(N3CCNCC3=O)C2)c2c(C)noc2n1. The van der Waals surface area contributed by atoms with Crippen LogP contribution in [0.25, 0.3) is 11.1 Å². The molecule has 1 atom stereocenters. The van der Waals surface area contributed by atoms with Crippen molar-refractivity contribution in [2.75, 3.05) is 32.7 Å². The molecule has 2 saturated heterocycles. The molecular weight excluding hydrogens is 334 g/mol. The van der Waals surface area contributed by atoms with Gasteiger partial charge in [0.2, 0.25) is 5.91 Å². The van der Waals surface area contributed by atoms with Gasteiger partial charge in [-0.25, -0.2) is 4.98 Å². The fourth-order valence-electron chi connectivity index (χ4n) is 3.96. The summed E-state index contributed by atoms with van der Waals surface area (Å²) in [6.07, 6.45) is 1.83. The van der Waals surface area contributed by atoms with E-state index in [2.05, 4.69) is 15.5 Å². The third-order valence-electron chi connectivity index (χ3n) is 5.23. The van der Waals surface area contributed by atoms with E-state index in [0.29, 0.717) is 48.5 Å². The lowest BCUT2D eigenvalue weighted by molar-refractivity contribution is -0.135. The summed E-state index contributed by atoms with van der Waals surface area (Å²) in [4.78, 5) is 33.5. The summed E-state index contributed by atoms with van der Waals surface area (Å²) in [5, 5.41) is 7.73. The van der Waals surface area contributed by atoms with Crippen molar-refractivity contribution < 1.29 is 14.1 Å². The lowest BCUT2D eigenvalue weighted by atomic mass is 10.0. The Morgan fingerprint density at radius 3 is 3.00 bits per heavy atom. The first-order valence-electron chi connectivity index (χ1n) is 9.07. The van der Waals surface area contributed by atoms with E-state index in [0.717, 1.165) is 25.1 Å². The number of likely N-dealkylation sites (tertiary alicyclic amines) is 1. The molecule has 1 N–H and O–H groups in total. The number of pyridine rings is 1. The second kappa shape index (κ2) is 6.68. The van der Waals surface area contributed by atoms with Gasteiger partial charge in [-0.05, 0) is 32.8 Å². The molecule has 2 amide bonds. The van der Waals surface area contributed by atoms with Gasteiger partial charge in [0.25, 0.3) is 11.6 Å². The van der Waals surface area contributed by atoms with Crippen molar-refractivity contribution in [3.63, 3.8) is 0 Å². The van der Waals surface area contributed by atoms with Gasteiger partial charge >= 0.3 is 0 Å². The number of piperazine rings is 1. The average molecular weight is 357 g/mol. The maximum absolute atomic E-state index is 13.2. The third-order valence-corrected chi connectivity index (χ3v) is 5.23. The van der Waals surface area contributed by atoms with Gasteiger partial charge in [-0.3, -0.25) is 9.59 Å². The molecular formula is C18H23N5O3. The van der Waals surface area contributed by atoms with Crippen molar-refractivity contribution >= 4 is 22.9 Å². The molecule has 4 heterocycles. The maximum atomic E-state index is 13.2. The topological polar surface area (TPSA) is 91.6 Å². The van der Waals surface area contributed by atoms with E-state index in [1.807, 2.05) is 23.6 Å². The average Bonchev–Trinajstić information content (AvgIpc) is 3.01. The molecule has 8 nitrogen and oxygen atoms in total. The second-order valence-corrected chi connectivity index (χ2v) is 7.07. The number of amides is 2. The van der Waals surface area contributed by atoms with E-state index in [4.69, 9.17) is 4.52 Å². The zero-order valence-electron chi connectivity index (χ0n) is 15.1. The van der Waals surface area contributed by atoms with E-state index in [1.54, 1.807) is 6.07 Å². The van der Waals surface area contributed by atoms with Crippen LogP contribution in [0.2, 0.25) is 0 Å². The number of piperidine rings is 1. The van der Waals surface area contributed by atoms with Crippen molar-refractivity contribution in [2.24, 2.45) is 0 Å². The van der Waals surface area contributed by atoms with E-state index in [1.165, 1.54) is 0 Å². The maximum Gasteiger partial charge on any atom is 0.258 e. The van der Waals surface area contributed by atoms with Gasteiger partial charge in [0.1, 0.15) is 0 Å². The summed E-state index contributed by atoms with van der Waals surface area (Å²) in [5.74, 6) is 0.0756. The number of nitrogens with zero attached hydrogens (tertiary/aromatic N) is 4. The third kappa shape index (κ3) is 2.94. The van der Waals surface area contributed by atoms with Gasteiger partial charge in [0.15, 0.2) is 0 Å². The first-order chi connectivity index (χ1) is 12.5. The minimum atomic E-state index is -0.0425. The standard InChI is InChI=1S/C18H23N5O3/c1-11-8-14(16-12(2)21-26-17(16)20-11)18(25)22-6-3-4-13(10-22)23-7-5-19-9-15(23)24/h8,13,19H,3-7,9-10H2,1-2H3. The molecule has 2 aromatic heterocycles. The van der Waals surface area contributed by atoms with Gasteiger partial charge in [-0.2, -0.15) is 0 Å².